The lowest BCUT2D eigenvalue weighted by Crippen LogP contribution is -2.62. The summed E-state index contributed by atoms with van der Waals surface area (Å²) in [7, 11) is 0. The zero-order valence-electron chi connectivity index (χ0n) is 15.4. The average molecular weight is 422 g/mol. The van der Waals surface area contributed by atoms with Crippen LogP contribution in [0.4, 0.5) is 13.2 Å². The smallest absolute Gasteiger partial charge is 0.373 e. The molecule has 8 nitrogen and oxygen atoms in total. The molecule has 1 fully saturated rings. The van der Waals surface area contributed by atoms with Crippen LogP contribution in [0.1, 0.15) is 11.1 Å². The fourth-order valence-electron chi connectivity index (χ4n) is 4.19. The minimum atomic E-state index is -4.41. The molecule has 0 aromatic heterocycles. The number of fused-ring (bicyclic) bond motifs is 3. The first-order valence-electron chi connectivity index (χ1n) is 9.19. The molecule has 3 aliphatic rings. The van der Waals surface area contributed by atoms with Gasteiger partial charge in [0.05, 0.1) is 17.5 Å². The van der Waals surface area contributed by atoms with Crippen molar-refractivity contribution in [2.24, 2.45) is 11.8 Å². The van der Waals surface area contributed by atoms with Crippen molar-refractivity contribution in [2.45, 2.75) is 24.8 Å². The number of nitrogens with one attached hydrogen (secondary N) is 2. The van der Waals surface area contributed by atoms with Gasteiger partial charge in [-0.1, -0.05) is 18.2 Å². The maximum atomic E-state index is 12.7. The molecule has 1 saturated heterocycles. The second kappa shape index (κ2) is 7.15. The van der Waals surface area contributed by atoms with Gasteiger partial charge in [0.1, 0.15) is 0 Å². The summed E-state index contributed by atoms with van der Waals surface area (Å²) < 4.78 is 38.2. The lowest BCUT2D eigenvalue weighted by Gasteiger charge is -2.44. The summed E-state index contributed by atoms with van der Waals surface area (Å²) in [6.07, 6.45) is 0.409. The van der Waals surface area contributed by atoms with E-state index >= 15 is 0 Å². The normalized spacial score (nSPS) is 28.1. The van der Waals surface area contributed by atoms with Crippen LogP contribution in [-0.2, 0) is 22.3 Å². The predicted molar refractivity (Wildman–Crippen MR) is 96.9 cm³/mol. The number of hydrogen-bond donors (Lipinski definition) is 2. The Morgan fingerprint density at radius 3 is 2.50 bits per heavy atom. The standard InChI is InChI=1S/C19H17F3N4O4/c20-19(21,22)11-3-1-10(2-4-11)8-25-6-5-12-13(9-25)15(26(29)30)7-14-16(12)24-18(28)17(27)23-14/h1-7,12-13,15-16H,8-9H2,(H,23,27)(H,24,28). The largest absolute Gasteiger partial charge is 0.416 e. The maximum Gasteiger partial charge on any atom is 0.416 e. The van der Waals surface area contributed by atoms with Gasteiger partial charge in [0.15, 0.2) is 0 Å². The average Bonchev–Trinajstić information content (AvgIpc) is 2.68. The van der Waals surface area contributed by atoms with Crippen LogP contribution in [0, 0.1) is 22.0 Å². The summed E-state index contributed by atoms with van der Waals surface area (Å²) in [6.45, 7) is 0.560. The Hall–Kier alpha value is -3.37. The van der Waals surface area contributed by atoms with Crippen LogP contribution in [0.25, 0.3) is 0 Å². The highest BCUT2D eigenvalue weighted by Gasteiger charge is 2.49. The fourth-order valence-corrected chi connectivity index (χ4v) is 4.19. The number of carbonyl (C=O) groups is 2. The summed E-state index contributed by atoms with van der Waals surface area (Å²) in [5.41, 5.74) is 0.200. The van der Waals surface area contributed by atoms with E-state index in [-0.39, 0.29) is 13.1 Å². The highest BCUT2D eigenvalue weighted by molar-refractivity contribution is 6.36. The number of amides is 2. The van der Waals surface area contributed by atoms with E-state index in [4.69, 9.17) is 0 Å². The van der Waals surface area contributed by atoms with Gasteiger partial charge in [-0.15, -0.1) is 0 Å². The van der Waals surface area contributed by atoms with Gasteiger partial charge in [-0.2, -0.15) is 13.2 Å². The molecule has 2 N–H and O–H groups in total. The zero-order chi connectivity index (χ0) is 21.6. The third kappa shape index (κ3) is 3.62. The maximum absolute atomic E-state index is 12.7. The summed E-state index contributed by atoms with van der Waals surface area (Å²) in [6, 6.07) is 3.12. The molecule has 11 heteroatoms. The summed E-state index contributed by atoms with van der Waals surface area (Å²) >= 11 is 0. The predicted octanol–water partition coefficient (Wildman–Crippen LogP) is 1.42. The van der Waals surface area contributed by atoms with Crippen LogP contribution < -0.4 is 10.6 Å². The van der Waals surface area contributed by atoms with Crippen LogP contribution in [0.3, 0.4) is 0 Å². The molecule has 0 spiro atoms. The Labute approximate surface area is 168 Å². The van der Waals surface area contributed by atoms with Crippen LogP contribution in [-0.4, -0.2) is 40.3 Å². The highest BCUT2D eigenvalue weighted by Crippen LogP contribution is 2.37. The Morgan fingerprint density at radius 1 is 1.17 bits per heavy atom. The van der Waals surface area contributed by atoms with E-state index in [1.807, 2.05) is 0 Å². The fraction of sp³-hybridized carbons (Fsp3) is 0.368. The van der Waals surface area contributed by atoms with Crippen LogP contribution in [0.2, 0.25) is 0 Å². The van der Waals surface area contributed by atoms with E-state index in [0.717, 1.165) is 12.1 Å². The number of piperazine rings is 1. The minimum Gasteiger partial charge on any atom is -0.373 e. The van der Waals surface area contributed by atoms with E-state index in [0.29, 0.717) is 11.3 Å². The molecule has 0 radical (unpaired) electrons. The van der Waals surface area contributed by atoms with E-state index in [9.17, 15) is 32.9 Å². The van der Waals surface area contributed by atoms with Gasteiger partial charge >= 0.3 is 18.0 Å². The molecule has 2 aliphatic heterocycles. The van der Waals surface area contributed by atoms with Crippen molar-refractivity contribution in [1.82, 2.24) is 15.5 Å². The summed E-state index contributed by atoms with van der Waals surface area (Å²) in [4.78, 5) is 36.3. The first-order valence-corrected chi connectivity index (χ1v) is 9.19. The molecule has 30 heavy (non-hydrogen) atoms. The molecule has 0 bridgehead atoms. The molecule has 2 amide bonds. The van der Waals surface area contributed by atoms with Crippen LogP contribution in [0.5, 0.6) is 0 Å². The molecular formula is C19H17F3N4O4. The van der Waals surface area contributed by atoms with Crippen molar-refractivity contribution in [1.29, 1.82) is 0 Å². The summed E-state index contributed by atoms with van der Waals surface area (Å²) in [5, 5.41) is 16.7. The molecular weight excluding hydrogens is 405 g/mol. The van der Waals surface area contributed by atoms with Gasteiger partial charge in [0.2, 0.25) is 6.04 Å². The van der Waals surface area contributed by atoms with Gasteiger partial charge in [-0.05, 0) is 23.9 Å². The van der Waals surface area contributed by atoms with Gasteiger partial charge in [0, 0.05) is 35.7 Å². The van der Waals surface area contributed by atoms with E-state index < -0.39 is 52.4 Å². The number of halogens is 3. The number of rotatable bonds is 3. The number of alkyl halides is 3. The molecule has 1 aromatic carbocycles. The minimum absolute atomic E-state index is 0.276. The molecule has 0 saturated carbocycles. The third-order valence-corrected chi connectivity index (χ3v) is 5.63. The lowest BCUT2D eigenvalue weighted by molar-refractivity contribution is -0.521. The molecule has 2 heterocycles. The number of hydrogen-bond acceptors (Lipinski definition) is 5. The Balaban J connectivity index is 1.55. The van der Waals surface area contributed by atoms with Crippen molar-refractivity contribution in [3.05, 3.63) is 69.6 Å². The van der Waals surface area contributed by atoms with E-state index in [1.165, 1.54) is 18.2 Å². The molecule has 4 unspecified atom stereocenters. The summed E-state index contributed by atoms with van der Waals surface area (Å²) in [5.74, 6) is -2.53. The van der Waals surface area contributed by atoms with Gasteiger partial charge in [0.25, 0.3) is 0 Å². The van der Waals surface area contributed by atoms with Crippen molar-refractivity contribution < 1.29 is 27.7 Å². The molecule has 4 rings (SSSR count). The van der Waals surface area contributed by atoms with Crippen molar-refractivity contribution in [3.63, 3.8) is 0 Å². The Kier molecular flexibility index (Phi) is 4.75. The number of nitrogens with zero attached hydrogens (tertiary/aromatic N) is 2. The molecule has 4 atom stereocenters. The van der Waals surface area contributed by atoms with Crippen LogP contribution >= 0.6 is 0 Å². The van der Waals surface area contributed by atoms with Crippen LogP contribution in [0.15, 0.2) is 48.3 Å². The molecule has 1 aliphatic carbocycles. The van der Waals surface area contributed by atoms with E-state index in [1.54, 1.807) is 17.2 Å². The van der Waals surface area contributed by atoms with Crippen molar-refractivity contribution >= 4 is 11.8 Å². The quantitative estimate of drug-likeness (QED) is 0.436. The second-order valence-electron chi connectivity index (χ2n) is 7.51. The number of carbonyl (C=O) groups excluding carboxylic acids is 2. The Bertz CT molecular complexity index is 958. The number of benzene rings is 1. The van der Waals surface area contributed by atoms with Crippen molar-refractivity contribution in [3.8, 4) is 0 Å². The monoisotopic (exact) mass is 422 g/mol. The topological polar surface area (TPSA) is 105 Å². The van der Waals surface area contributed by atoms with Gasteiger partial charge in [-0.25, -0.2) is 0 Å². The lowest BCUT2D eigenvalue weighted by atomic mass is 9.73. The van der Waals surface area contributed by atoms with E-state index in [2.05, 4.69) is 10.6 Å². The second-order valence-corrected chi connectivity index (χ2v) is 7.51. The molecule has 158 valence electrons. The third-order valence-electron chi connectivity index (χ3n) is 5.63. The number of nitro groups is 1. The van der Waals surface area contributed by atoms with Crippen molar-refractivity contribution in [2.75, 3.05) is 6.54 Å². The zero-order valence-corrected chi connectivity index (χ0v) is 15.4. The first kappa shape index (κ1) is 19.9. The SMILES string of the molecule is O=C1NC2=CC([N+](=O)[O-])C3CN(Cc4ccc(C(F)(F)F)cc4)C=CC3C2NC1=O. The van der Waals surface area contributed by atoms with Gasteiger partial charge in [-0.3, -0.25) is 19.7 Å². The van der Waals surface area contributed by atoms with Gasteiger partial charge < -0.3 is 15.5 Å². The molecule has 1 aromatic rings. The first-order chi connectivity index (χ1) is 14.1. The Morgan fingerprint density at radius 2 is 1.87 bits per heavy atom. The highest BCUT2D eigenvalue weighted by atomic mass is 19.4.